The minimum absolute atomic E-state index is 0.139. The maximum Gasteiger partial charge on any atom is 0.399 e. The summed E-state index contributed by atoms with van der Waals surface area (Å²) in [5, 5.41) is 19.1. The molecule has 0 unspecified atom stereocenters. The van der Waals surface area contributed by atoms with Gasteiger partial charge in [-0.25, -0.2) is 0 Å². The van der Waals surface area contributed by atoms with Crippen molar-refractivity contribution in [3.05, 3.63) is 0 Å². The molecule has 0 fully saturated rings. The van der Waals surface area contributed by atoms with Crippen LogP contribution in [0.25, 0.3) is 0 Å². The van der Waals surface area contributed by atoms with E-state index in [-0.39, 0.29) is 13.2 Å². The lowest BCUT2D eigenvalue weighted by Gasteiger charge is -1.94. The second-order valence-electron chi connectivity index (χ2n) is 1.94. The second kappa shape index (κ2) is 10.8. The minimum atomic E-state index is -3.66. The first-order valence-corrected chi connectivity index (χ1v) is 5.16. The summed E-state index contributed by atoms with van der Waals surface area (Å²) in [5.41, 5.74) is 0. The molecular formula is C6H17NO6S. The van der Waals surface area contributed by atoms with Crippen LogP contribution in [-0.2, 0) is 18.8 Å². The zero-order chi connectivity index (χ0) is 11.4. The van der Waals surface area contributed by atoms with Crippen molar-refractivity contribution in [2.45, 2.75) is 0 Å². The van der Waals surface area contributed by atoms with Gasteiger partial charge in [0, 0.05) is 13.1 Å². The summed E-state index contributed by atoms with van der Waals surface area (Å²) >= 11 is 0. The summed E-state index contributed by atoms with van der Waals surface area (Å²) in [6, 6.07) is 0. The van der Waals surface area contributed by atoms with Gasteiger partial charge >= 0.3 is 10.4 Å². The van der Waals surface area contributed by atoms with E-state index in [2.05, 4.69) is 13.7 Å². The molecule has 0 spiro atoms. The van der Waals surface area contributed by atoms with E-state index in [1.807, 2.05) is 0 Å². The molecule has 0 bridgehead atoms. The zero-order valence-electron chi connectivity index (χ0n) is 8.26. The van der Waals surface area contributed by atoms with Crippen molar-refractivity contribution < 1.29 is 27.0 Å². The third-order valence-electron chi connectivity index (χ3n) is 0.985. The monoisotopic (exact) mass is 231 g/mol. The Morgan fingerprint density at radius 3 is 1.57 bits per heavy atom. The molecule has 0 atom stereocenters. The lowest BCUT2D eigenvalue weighted by Crippen LogP contribution is -2.21. The van der Waals surface area contributed by atoms with Gasteiger partial charge in [-0.1, -0.05) is 0 Å². The van der Waals surface area contributed by atoms with Crippen LogP contribution in [0.4, 0.5) is 0 Å². The smallest absolute Gasteiger partial charge is 0.395 e. The van der Waals surface area contributed by atoms with Crippen LogP contribution in [0.1, 0.15) is 0 Å². The number of aliphatic hydroxyl groups excluding tert-OH is 2. The van der Waals surface area contributed by atoms with Crippen molar-refractivity contribution in [2.75, 3.05) is 40.5 Å². The summed E-state index contributed by atoms with van der Waals surface area (Å²) in [6.45, 7) is 1.42. The maximum atomic E-state index is 9.92. The van der Waals surface area contributed by atoms with E-state index in [0.29, 0.717) is 13.1 Å². The average Bonchev–Trinajstić information content (AvgIpc) is 2.20. The number of nitrogens with one attached hydrogen (secondary N) is 1. The van der Waals surface area contributed by atoms with Crippen LogP contribution in [0, 0.1) is 0 Å². The molecule has 8 heteroatoms. The van der Waals surface area contributed by atoms with Gasteiger partial charge in [-0.05, 0) is 0 Å². The van der Waals surface area contributed by atoms with E-state index < -0.39 is 10.4 Å². The standard InChI is InChI=1S/C4H11NO2.C2H6O4S/c6-3-1-5-2-4-7;1-5-7(3,4)6-2/h5-7H,1-4H2;1-2H3. The first-order chi connectivity index (χ1) is 6.54. The van der Waals surface area contributed by atoms with Crippen molar-refractivity contribution in [2.24, 2.45) is 0 Å². The minimum Gasteiger partial charge on any atom is -0.395 e. The number of aliphatic hydroxyl groups is 2. The molecule has 14 heavy (non-hydrogen) atoms. The van der Waals surface area contributed by atoms with Gasteiger partial charge in [-0.3, -0.25) is 8.37 Å². The summed E-state index contributed by atoms with van der Waals surface area (Å²) in [5.74, 6) is 0. The lowest BCUT2D eigenvalue weighted by molar-refractivity contribution is 0.266. The summed E-state index contributed by atoms with van der Waals surface area (Å²) in [7, 11) is -1.60. The predicted octanol–water partition coefficient (Wildman–Crippen LogP) is -1.92. The second-order valence-corrected chi connectivity index (χ2v) is 3.42. The molecule has 0 aromatic heterocycles. The lowest BCUT2D eigenvalue weighted by atomic mass is 10.6. The number of hydrogen-bond acceptors (Lipinski definition) is 7. The van der Waals surface area contributed by atoms with E-state index in [9.17, 15) is 8.42 Å². The molecule has 0 aromatic rings. The van der Waals surface area contributed by atoms with E-state index in [4.69, 9.17) is 10.2 Å². The fourth-order valence-corrected chi connectivity index (χ4v) is 0.487. The highest BCUT2D eigenvalue weighted by Gasteiger charge is 2.01. The maximum absolute atomic E-state index is 9.92. The van der Waals surface area contributed by atoms with Gasteiger partial charge in [0.1, 0.15) is 0 Å². The van der Waals surface area contributed by atoms with Crippen LogP contribution < -0.4 is 5.32 Å². The molecule has 0 aliphatic rings. The Morgan fingerprint density at radius 1 is 1.07 bits per heavy atom. The Kier molecular flexibility index (Phi) is 12.5. The first kappa shape index (κ1) is 16.2. The molecular weight excluding hydrogens is 214 g/mol. The SMILES string of the molecule is COS(=O)(=O)OC.OCCNCCO. The predicted molar refractivity (Wildman–Crippen MR) is 50.0 cm³/mol. The molecule has 0 rings (SSSR count). The number of rotatable bonds is 6. The molecule has 88 valence electrons. The topological polar surface area (TPSA) is 105 Å². The van der Waals surface area contributed by atoms with Gasteiger partial charge in [0.25, 0.3) is 0 Å². The van der Waals surface area contributed by atoms with Crippen molar-refractivity contribution in [3.63, 3.8) is 0 Å². The highest BCUT2D eigenvalue weighted by molar-refractivity contribution is 7.81. The molecule has 0 aliphatic carbocycles. The molecule has 0 saturated carbocycles. The summed E-state index contributed by atoms with van der Waals surface area (Å²) in [6.07, 6.45) is 0. The van der Waals surface area contributed by atoms with Crippen LogP contribution in [0.5, 0.6) is 0 Å². The van der Waals surface area contributed by atoms with Gasteiger partial charge in [0.15, 0.2) is 0 Å². The zero-order valence-corrected chi connectivity index (χ0v) is 9.08. The van der Waals surface area contributed by atoms with E-state index in [1.54, 1.807) is 0 Å². The quantitative estimate of drug-likeness (QED) is 0.458. The molecule has 0 aliphatic heterocycles. The molecule has 0 amide bonds. The van der Waals surface area contributed by atoms with Gasteiger partial charge < -0.3 is 15.5 Å². The summed E-state index contributed by atoms with van der Waals surface area (Å²) in [4.78, 5) is 0. The molecule has 0 aromatic carbocycles. The highest BCUT2D eigenvalue weighted by atomic mass is 32.3. The van der Waals surface area contributed by atoms with Crippen molar-refractivity contribution in [1.29, 1.82) is 0 Å². The third kappa shape index (κ3) is 14.3. The van der Waals surface area contributed by atoms with Crippen LogP contribution in [-0.4, -0.2) is 59.2 Å². The molecule has 7 nitrogen and oxygen atoms in total. The largest absolute Gasteiger partial charge is 0.399 e. The van der Waals surface area contributed by atoms with Gasteiger partial charge in [0.2, 0.25) is 0 Å². The highest BCUT2D eigenvalue weighted by Crippen LogP contribution is 1.85. The normalized spacial score (nSPS) is 10.6. The summed E-state index contributed by atoms with van der Waals surface area (Å²) < 4.78 is 27.5. The number of hydrogen-bond donors (Lipinski definition) is 3. The molecule has 0 saturated heterocycles. The van der Waals surface area contributed by atoms with Crippen LogP contribution in [0.15, 0.2) is 0 Å². The van der Waals surface area contributed by atoms with Crippen molar-refractivity contribution in [3.8, 4) is 0 Å². The van der Waals surface area contributed by atoms with E-state index in [1.165, 1.54) is 0 Å². The van der Waals surface area contributed by atoms with Crippen molar-refractivity contribution >= 4 is 10.4 Å². The van der Waals surface area contributed by atoms with E-state index >= 15 is 0 Å². The van der Waals surface area contributed by atoms with Gasteiger partial charge in [-0.2, -0.15) is 8.42 Å². The fraction of sp³-hybridized carbons (Fsp3) is 1.00. The first-order valence-electron chi connectivity index (χ1n) is 3.82. The van der Waals surface area contributed by atoms with E-state index in [0.717, 1.165) is 14.2 Å². The molecule has 0 radical (unpaired) electrons. The Morgan fingerprint density at radius 2 is 1.43 bits per heavy atom. The Hall–Kier alpha value is -0.250. The van der Waals surface area contributed by atoms with Gasteiger partial charge in [0.05, 0.1) is 27.4 Å². The molecule has 3 N–H and O–H groups in total. The Labute approximate surface area is 84.0 Å². The fourth-order valence-electron chi connectivity index (χ4n) is 0.351. The van der Waals surface area contributed by atoms with Crippen LogP contribution >= 0.6 is 0 Å². The van der Waals surface area contributed by atoms with Gasteiger partial charge in [-0.15, -0.1) is 0 Å². The molecule has 0 heterocycles. The Bertz CT molecular complexity index is 178. The van der Waals surface area contributed by atoms with Crippen LogP contribution in [0.2, 0.25) is 0 Å². The Balaban J connectivity index is 0. The van der Waals surface area contributed by atoms with Crippen molar-refractivity contribution in [1.82, 2.24) is 5.32 Å². The third-order valence-corrected chi connectivity index (χ3v) is 1.80. The average molecular weight is 231 g/mol. The van der Waals surface area contributed by atoms with Crippen LogP contribution in [0.3, 0.4) is 0 Å².